The molecule has 1 rings (SSSR count). The van der Waals surface area contributed by atoms with Crippen LogP contribution in [0.4, 0.5) is 0 Å². The second kappa shape index (κ2) is 5.41. The normalized spacial score (nSPS) is 17.2. The summed E-state index contributed by atoms with van der Waals surface area (Å²) in [5.41, 5.74) is 0. The van der Waals surface area contributed by atoms with E-state index in [1.54, 1.807) is 0 Å². The van der Waals surface area contributed by atoms with E-state index in [1.165, 1.54) is 30.9 Å². The molecule has 0 aromatic rings. The Kier molecular flexibility index (Phi) is 4.73. The lowest BCUT2D eigenvalue weighted by atomic mass is 10.5. The van der Waals surface area contributed by atoms with Crippen molar-refractivity contribution in [1.82, 2.24) is 4.90 Å². The zero-order valence-electron chi connectivity index (χ0n) is 8.47. The van der Waals surface area contributed by atoms with Crippen molar-refractivity contribution in [2.24, 2.45) is 0 Å². The van der Waals surface area contributed by atoms with Crippen LogP contribution in [0.5, 0.6) is 0 Å². The maximum absolute atomic E-state index is 11.7. The zero-order valence-corrected chi connectivity index (χ0v) is 11.0. The zero-order chi connectivity index (χ0) is 11.5. The van der Waals surface area contributed by atoms with E-state index in [2.05, 4.69) is 9.05 Å². The fraction of sp³-hybridized carbons (Fsp3) is 0.714. The van der Waals surface area contributed by atoms with Crippen molar-refractivity contribution >= 4 is 41.8 Å². The van der Waals surface area contributed by atoms with E-state index in [0.717, 1.165) is 5.75 Å². The van der Waals surface area contributed by atoms with Crippen LogP contribution < -0.4 is 0 Å². The highest BCUT2D eigenvalue weighted by atomic mass is 32.2. The minimum atomic E-state index is -3.28. The summed E-state index contributed by atoms with van der Waals surface area (Å²) in [5, 5.41) is 0. The minimum absolute atomic E-state index is 0.263. The molecule has 0 spiro atoms. The molecule has 0 bridgehead atoms. The third kappa shape index (κ3) is 3.26. The van der Waals surface area contributed by atoms with Gasteiger partial charge in [-0.2, -0.15) is 0 Å². The van der Waals surface area contributed by atoms with E-state index in [-0.39, 0.29) is 12.1 Å². The predicted molar refractivity (Wildman–Crippen MR) is 63.3 cm³/mol. The number of thioether (sulfide) groups is 1. The molecular weight excluding hydrogens is 257 g/mol. The Bertz CT molecular complexity index is 314. The van der Waals surface area contributed by atoms with Gasteiger partial charge in [0.15, 0.2) is 0 Å². The van der Waals surface area contributed by atoms with Gasteiger partial charge in [0.2, 0.25) is 5.91 Å². The van der Waals surface area contributed by atoms with Gasteiger partial charge in [-0.05, 0) is 0 Å². The number of nitrogens with zero attached hydrogens (tertiary/aromatic N) is 1. The van der Waals surface area contributed by atoms with E-state index in [1.807, 2.05) is 0 Å². The summed E-state index contributed by atoms with van der Waals surface area (Å²) in [6.45, 7) is 0.565. The summed E-state index contributed by atoms with van der Waals surface area (Å²) in [7, 11) is -0.759. The lowest BCUT2D eigenvalue weighted by Gasteiger charge is -2.18. The quantitative estimate of drug-likeness (QED) is 0.567. The molecule has 1 amide bonds. The summed E-state index contributed by atoms with van der Waals surface area (Å²) in [6, 6.07) is 0. The molecule has 1 fully saturated rings. The van der Waals surface area contributed by atoms with Gasteiger partial charge in [0.25, 0.3) is 0 Å². The molecule has 8 heteroatoms. The van der Waals surface area contributed by atoms with Crippen LogP contribution in [0, 0.1) is 0 Å². The molecule has 0 aromatic heterocycles. The maximum atomic E-state index is 11.7. The fourth-order valence-electron chi connectivity index (χ4n) is 1.07. The molecule has 0 aliphatic carbocycles. The highest BCUT2D eigenvalue weighted by molar-refractivity contribution is 8.23. The Morgan fingerprint density at radius 2 is 2.20 bits per heavy atom. The topological polar surface area (TPSA) is 55.8 Å². The average Bonchev–Trinajstić information content (AvgIpc) is 2.64. The Morgan fingerprint density at radius 1 is 1.60 bits per heavy atom. The third-order valence-electron chi connectivity index (χ3n) is 1.95. The Balaban J connectivity index is 2.62. The summed E-state index contributed by atoms with van der Waals surface area (Å²) in [4.78, 5) is 13.1. The number of rotatable bonds is 4. The highest BCUT2D eigenvalue weighted by Crippen LogP contribution is 2.46. The van der Waals surface area contributed by atoms with Gasteiger partial charge >= 0.3 is 7.60 Å². The number of hydrogen-bond donors (Lipinski definition) is 0. The maximum Gasteiger partial charge on any atom is 0.339 e. The molecule has 86 valence electrons. The SMILES string of the molecule is COP(=O)(CC(=O)N1CCSC1=S)OC. The molecule has 0 radical (unpaired) electrons. The Labute approximate surface area is 98.0 Å². The van der Waals surface area contributed by atoms with Crippen molar-refractivity contribution in [3.63, 3.8) is 0 Å². The van der Waals surface area contributed by atoms with Gasteiger partial charge in [0.1, 0.15) is 10.5 Å². The molecule has 0 N–H and O–H groups in total. The van der Waals surface area contributed by atoms with E-state index >= 15 is 0 Å². The summed E-state index contributed by atoms with van der Waals surface area (Å²) < 4.78 is 21.6. The Hall–Kier alpha value is 0.0600. The van der Waals surface area contributed by atoms with E-state index in [0.29, 0.717) is 10.9 Å². The molecular formula is C7H12NO4PS2. The van der Waals surface area contributed by atoms with Gasteiger partial charge in [-0.25, -0.2) is 0 Å². The first kappa shape index (κ1) is 13.1. The number of amides is 1. The second-order valence-corrected chi connectivity index (χ2v) is 6.79. The Morgan fingerprint density at radius 3 is 2.60 bits per heavy atom. The largest absolute Gasteiger partial charge is 0.339 e. The van der Waals surface area contributed by atoms with Gasteiger partial charge < -0.3 is 9.05 Å². The van der Waals surface area contributed by atoms with Crippen molar-refractivity contribution in [1.29, 1.82) is 0 Å². The number of carbonyl (C=O) groups is 1. The molecule has 0 saturated carbocycles. The molecule has 1 aliphatic heterocycles. The van der Waals surface area contributed by atoms with Crippen LogP contribution in [0.25, 0.3) is 0 Å². The molecule has 0 aromatic carbocycles. The molecule has 0 atom stereocenters. The van der Waals surface area contributed by atoms with Crippen molar-refractivity contribution in [2.75, 3.05) is 32.7 Å². The molecule has 15 heavy (non-hydrogen) atoms. The average molecular weight is 269 g/mol. The second-order valence-electron chi connectivity index (χ2n) is 2.79. The first-order valence-electron chi connectivity index (χ1n) is 4.20. The van der Waals surface area contributed by atoms with Crippen molar-refractivity contribution < 1.29 is 18.4 Å². The van der Waals surface area contributed by atoms with Crippen LogP contribution in [0.3, 0.4) is 0 Å². The van der Waals surface area contributed by atoms with E-state index < -0.39 is 7.60 Å². The molecule has 5 nitrogen and oxygen atoms in total. The van der Waals surface area contributed by atoms with Crippen LogP contribution in [0.2, 0.25) is 0 Å². The van der Waals surface area contributed by atoms with Crippen molar-refractivity contribution in [2.45, 2.75) is 0 Å². The number of thiocarbonyl (C=S) groups is 1. The van der Waals surface area contributed by atoms with Gasteiger partial charge in [-0.1, -0.05) is 24.0 Å². The summed E-state index contributed by atoms with van der Waals surface area (Å²) >= 11 is 6.42. The van der Waals surface area contributed by atoms with Crippen molar-refractivity contribution in [3.8, 4) is 0 Å². The first-order valence-corrected chi connectivity index (χ1v) is 7.32. The smallest absolute Gasteiger partial charge is 0.312 e. The fourth-order valence-corrected chi connectivity index (χ4v) is 3.22. The molecule has 0 unspecified atom stereocenters. The van der Waals surface area contributed by atoms with Gasteiger partial charge in [-0.15, -0.1) is 0 Å². The highest BCUT2D eigenvalue weighted by Gasteiger charge is 2.32. The van der Waals surface area contributed by atoms with Crippen LogP contribution in [0.1, 0.15) is 0 Å². The summed E-state index contributed by atoms with van der Waals surface area (Å²) in [6.07, 6.45) is -0.263. The van der Waals surface area contributed by atoms with E-state index in [4.69, 9.17) is 12.2 Å². The lowest BCUT2D eigenvalue weighted by Crippen LogP contribution is -2.33. The van der Waals surface area contributed by atoms with Crippen LogP contribution >= 0.6 is 31.6 Å². The molecule has 1 heterocycles. The van der Waals surface area contributed by atoms with Gasteiger partial charge in [-0.3, -0.25) is 14.3 Å². The van der Waals surface area contributed by atoms with E-state index in [9.17, 15) is 9.36 Å². The van der Waals surface area contributed by atoms with Gasteiger partial charge in [0.05, 0.1) is 0 Å². The molecule has 1 aliphatic rings. The van der Waals surface area contributed by atoms with Gasteiger partial charge in [0, 0.05) is 26.5 Å². The van der Waals surface area contributed by atoms with Crippen molar-refractivity contribution in [3.05, 3.63) is 0 Å². The van der Waals surface area contributed by atoms with Crippen LogP contribution in [-0.4, -0.2) is 47.8 Å². The standard InChI is InChI=1S/C7H12NO4PS2/c1-11-13(10,12-2)5-6(9)8-3-4-15-7(8)14/h3-5H2,1-2H3. The monoisotopic (exact) mass is 269 g/mol. The molecule has 1 saturated heterocycles. The van der Waals surface area contributed by atoms with Crippen LogP contribution in [0.15, 0.2) is 0 Å². The first-order chi connectivity index (χ1) is 7.02. The van der Waals surface area contributed by atoms with Crippen LogP contribution in [-0.2, 0) is 18.4 Å². The third-order valence-corrected chi connectivity index (χ3v) is 5.15. The lowest BCUT2D eigenvalue weighted by molar-refractivity contribution is -0.124. The predicted octanol–water partition coefficient (Wildman–Crippen LogP) is 1.33. The minimum Gasteiger partial charge on any atom is -0.312 e. The number of carbonyl (C=O) groups excluding carboxylic acids is 1. The summed E-state index contributed by atoms with van der Waals surface area (Å²) in [5.74, 6) is 0.478. The number of hydrogen-bond acceptors (Lipinski definition) is 6.